The Kier molecular flexibility index (Phi) is 5.16. The summed E-state index contributed by atoms with van der Waals surface area (Å²) in [5.74, 6) is 0.802. The second-order valence-electron chi connectivity index (χ2n) is 6.50. The van der Waals surface area contributed by atoms with E-state index < -0.39 is 0 Å². The minimum absolute atomic E-state index is 0.0625. The van der Waals surface area contributed by atoms with E-state index in [2.05, 4.69) is 27.5 Å². The Morgan fingerprint density at radius 2 is 1.68 bits per heavy atom. The molecule has 6 nitrogen and oxygen atoms in total. The summed E-state index contributed by atoms with van der Waals surface area (Å²) >= 11 is 1.52. The van der Waals surface area contributed by atoms with Gasteiger partial charge >= 0.3 is 0 Å². The number of rotatable bonds is 6. The first-order valence-corrected chi connectivity index (χ1v) is 10.2. The van der Waals surface area contributed by atoms with Gasteiger partial charge in [0.05, 0.1) is 0 Å². The summed E-state index contributed by atoms with van der Waals surface area (Å²) in [6, 6.07) is 15.8. The summed E-state index contributed by atoms with van der Waals surface area (Å²) in [7, 11) is 0. The second kappa shape index (κ2) is 7.90. The zero-order chi connectivity index (χ0) is 19.5. The zero-order valence-electron chi connectivity index (χ0n) is 15.8. The number of hydrogen-bond acceptors (Lipinski definition) is 5. The van der Waals surface area contributed by atoms with E-state index >= 15 is 0 Å². The second-order valence-corrected chi connectivity index (χ2v) is 7.46. The third-order valence-corrected chi connectivity index (χ3v) is 5.60. The molecular formula is C21H21N5OS. The number of benzene rings is 2. The predicted molar refractivity (Wildman–Crippen MR) is 110 cm³/mol. The molecule has 0 saturated carbocycles. The molecule has 0 bridgehead atoms. The van der Waals surface area contributed by atoms with Gasteiger partial charge < -0.3 is 5.32 Å². The van der Waals surface area contributed by atoms with E-state index in [0.717, 1.165) is 39.8 Å². The number of nitrogens with zero attached hydrogens (tertiary/aromatic N) is 4. The van der Waals surface area contributed by atoms with Crippen LogP contribution in [0, 0.1) is 0 Å². The molecule has 7 heteroatoms. The van der Waals surface area contributed by atoms with Gasteiger partial charge in [0.15, 0.2) is 5.82 Å². The van der Waals surface area contributed by atoms with Gasteiger partial charge in [-0.25, -0.2) is 0 Å². The van der Waals surface area contributed by atoms with Crippen LogP contribution in [-0.2, 0) is 19.4 Å². The molecule has 0 atom stereocenters. The van der Waals surface area contributed by atoms with Crippen LogP contribution in [0.2, 0.25) is 0 Å². The third-order valence-electron chi connectivity index (χ3n) is 4.65. The molecule has 0 aliphatic carbocycles. The molecular weight excluding hydrogens is 370 g/mol. The fraction of sp³-hybridized carbons (Fsp3) is 0.238. The minimum Gasteiger partial charge on any atom is -0.348 e. The maximum atomic E-state index is 12.3. The van der Waals surface area contributed by atoms with Crippen molar-refractivity contribution >= 4 is 22.2 Å². The van der Waals surface area contributed by atoms with Gasteiger partial charge in [0.2, 0.25) is 4.96 Å². The molecule has 142 valence electrons. The highest BCUT2D eigenvalue weighted by molar-refractivity contribution is 7.19. The molecule has 0 spiro atoms. The molecule has 0 unspecified atom stereocenters. The molecule has 1 N–H and O–H groups in total. The van der Waals surface area contributed by atoms with Crippen LogP contribution in [-0.4, -0.2) is 25.7 Å². The standard InChI is InChI=1S/C21H21N5OS/c1-3-14-5-9-16(10-6-14)19(27)22-13-15-7-11-17(12-8-15)20-25-26-18(4-2)23-24-21(26)28-20/h5-12H,3-4,13H2,1-2H3,(H,22,27). The summed E-state index contributed by atoms with van der Waals surface area (Å²) in [6.45, 7) is 4.62. The third kappa shape index (κ3) is 3.66. The van der Waals surface area contributed by atoms with Gasteiger partial charge in [-0.05, 0) is 29.7 Å². The van der Waals surface area contributed by atoms with Gasteiger partial charge in [-0.3, -0.25) is 4.79 Å². The van der Waals surface area contributed by atoms with Crippen LogP contribution < -0.4 is 5.32 Å². The highest BCUT2D eigenvalue weighted by Crippen LogP contribution is 2.25. The first-order valence-electron chi connectivity index (χ1n) is 9.35. The molecule has 0 radical (unpaired) electrons. The minimum atomic E-state index is -0.0625. The van der Waals surface area contributed by atoms with Crippen molar-refractivity contribution in [1.82, 2.24) is 25.1 Å². The molecule has 4 aromatic rings. The first kappa shape index (κ1) is 18.3. The summed E-state index contributed by atoms with van der Waals surface area (Å²) in [6.07, 6.45) is 1.76. The lowest BCUT2D eigenvalue weighted by Gasteiger charge is -2.07. The largest absolute Gasteiger partial charge is 0.348 e. The number of aromatic nitrogens is 4. The van der Waals surface area contributed by atoms with E-state index in [9.17, 15) is 4.79 Å². The Morgan fingerprint density at radius 3 is 2.36 bits per heavy atom. The van der Waals surface area contributed by atoms with E-state index in [0.29, 0.717) is 12.1 Å². The number of hydrogen-bond donors (Lipinski definition) is 1. The number of carbonyl (C=O) groups excluding carboxylic acids is 1. The monoisotopic (exact) mass is 391 g/mol. The quantitative estimate of drug-likeness (QED) is 0.541. The van der Waals surface area contributed by atoms with Crippen molar-refractivity contribution < 1.29 is 4.79 Å². The highest BCUT2D eigenvalue weighted by Gasteiger charge is 2.12. The number of carbonyl (C=O) groups is 1. The smallest absolute Gasteiger partial charge is 0.251 e. The average molecular weight is 392 g/mol. The predicted octanol–water partition coefficient (Wildman–Crippen LogP) is 3.91. The van der Waals surface area contributed by atoms with E-state index in [1.165, 1.54) is 16.9 Å². The number of nitrogens with one attached hydrogen (secondary N) is 1. The Labute approximate surface area is 167 Å². The topological polar surface area (TPSA) is 72.2 Å². The van der Waals surface area contributed by atoms with E-state index in [-0.39, 0.29) is 5.91 Å². The first-order chi connectivity index (χ1) is 13.7. The van der Waals surface area contributed by atoms with Gasteiger partial charge in [-0.15, -0.1) is 10.2 Å². The summed E-state index contributed by atoms with van der Waals surface area (Å²) < 4.78 is 1.80. The Bertz CT molecular complexity index is 1100. The van der Waals surface area contributed by atoms with E-state index in [4.69, 9.17) is 0 Å². The summed E-state index contributed by atoms with van der Waals surface area (Å²) in [4.78, 5) is 13.1. The van der Waals surface area contributed by atoms with Crippen molar-refractivity contribution in [2.45, 2.75) is 33.2 Å². The van der Waals surface area contributed by atoms with Crippen molar-refractivity contribution in [3.63, 3.8) is 0 Å². The molecule has 0 aliphatic rings. The molecule has 2 aromatic heterocycles. The zero-order valence-corrected chi connectivity index (χ0v) is 16.7. The van der Waals surface area contributed by atoms with Gasteiger partial charge in [-0.2, -0.15) is 9.61 Å². The Balaban J connectivity index is 1.42. The average Bonchev–Trinajstić information content (AvgIpc) is 3.33. The SMILES string of the molecule is CCc1ccc(C(=O)NCc2ccc(-c3nn4c(CC)nnc4s3)cc2)cc1. The Morgan fingerprint density at radius 1 is 0.964 bits per heavy atom. The van der Waals surface area contributed by atoms with Crippen molar-refractivity contribution in [1.29, 1.82) is 0 Å². The van der Waals surface area contributed by atoms with Crippen LogP contribution >= 0.6 is 11.3 Å². The molecule has 0 fully saturated rings. The lowest BCUT2D eigenvalue weighted by Crippen LogP contribution is -2.22. The number of aryl methyl sites for hydroxylation is 2. The van der Waals surface area contributed by atoms with Crippen molar-refractivity contribution in [3.05, 3.63) is 71.0 Å². The molecule has 0 saturated heterocycles. The van der Waals surface area contributed by atoms with Crippen molar-refractivity contribution in [2.75, 3.05) is 0 Å². The molecule has 2 heterocycles. The van der Waals surface area contributed by atoms with Crippen LogP contribution in [0.1, 0.15) is 41.2 Å². The van der Waals surface area contributed by atoms with E-state index in [1.54, 1.807) is 4.52 Å². The lowest BCUT2D eigenvalue weighted by molar-refractivity contribution is 0.0951. The fourth-order valence-corrected chi connectivity index (χ4v) is 3.80. The molecule has 0 aliphatic heterocycles. The summed E-state index contributed by atoms with van der Waals surface area (Å²) in [5.41, 5.74) is 3.98. The van der Waals surface area contributed by atoms with Crippen LogP contribution in [0.4, 0.5) is 0 Å². The number of fused-ring (bicyclic) bond motifs is 1. The van der Waals surface area contributed by atoms with Crippen LogP contribution in [0.25, 0.3) is 15.5 Å². The van der Waals surface area contributed by atoms with Crippen LogP contribution in [0.5, 0.6) is 0 Å². The van der Waals surface area contributed by atoms with Gasteiger partial charge in [0.25, 0.3) is 5.91 Å². The number of amides is 1. The van der Waals surface area contributed by atoms with Gasteiger partial charge in [-0.1, -0.05) is 61.6 Å². The fourth-order valence-electron chi connectivity index (χ4n) is 2.94. The highest BCUT2D eigenvalue weighted by atomic mass is 32.1. The van der Waals surface area contributed by atoms with Crippen molar-refractivity contribution in [3.8, 4) is 10.6 Å². The molecule has 1 amide bonds. The van der Waals surface area contributed by atoms with Crippen LogP contribution in [0.15, 0.2) is 48.5 Å². The Hall–Kier alpha value is -3.06. The lowest BCUT2D eigenvalue weighted by atomic mass is 10.1. The molecule has 2 aromatic carbocycles. The van der Waals surface area contributed by atoms with Gasteiger partial charge in [0.1, 0.15) is 5.01 Å². The molecule has 4 rings (SSSR count). The maximum Gasteiger partial charge on any atom is 0.251 e. The summed E-state index contributed by atoms with van der Waals surface area (Å²) in [5, 5.41) is 16.8. The normalized spacial score (nSPS) is 11.1. The van der Waals surface area contributed by atoms with Gasteiger partial charge in [0, 0.05) is 24.1 Å². The maximum absolute atomic E-state index is 12.3. The van der Waals surface area contributed by atoms with Crippen molar-refractivity contribution in [2.24, 2.45) is 0 Å². The molecule has 28 heavy (non-hydrogen) atoms. The van der Waals surface area contributed by atoms with Crippen LogP contribution in [0.3, 0.4) is 0 Å². The van der Waals surface area contributed by atoms with E-state index in [1.807, 2.05) is 55.5 Å².